The minimum atomic E-state index is -0.787. The monoisotopic (exact) mass is 703 g/mol. The minimum Gasteiger partial charge on any atom is -0.506 e. The number of phenols is 1. The van der Waals surface area contributed by atoms with Gasteiger partial charge in [0.1, 0.15) is 17.4 Å². The van der Waals surface area contributed by atoms with Crippen LogP contribution >= 0.6 is 0 Å². The number of benzene rings is 4. The number of ether oxygens (including phenoxy) is 2. The van der Waals surface area contributed by atoms with Gasteiger partial charge in [-0.15, -0.1) is 0 Å². The molecule has 4 N–H and O–H groups in total. The van der Waals surface area contributed by atoms with Gasteiger partial charge < -0.3 is 30.0 Å². The van der Waals surface area contributed by atoms with Gasteiger partial charge in [-0.3, -0.25) is 14.5 Å². The Balaban J connectivity index is 0.936. The molecule has 5 aromatic rings. The summed E-state index contributed by atoms with van der Waals surface area (Å²) in [6, 6.07) is 34.3. The van der Waals surface area contributed by atoms with Crippen LogP contribution in [0.1, 0.15) is 66.4 Å². The maximum atomic E-state index is 13.7. The van der Waals surface area contributed by atoms with Crippen LogP contribution in [0.2, 0.25) is 0 Å². The van der Waals surface area contributed by atoms with Gasteiger partial charge in [-0.1, -0.05) is 78.9 Å². The molecule has 0 aliphatic carbocycles. The number of aromatic nitrogens is 1. The molecule has 0 radical (unpaired) electrons. The molecule has 272 valence electrons. The number of esters is 1. The Morgan fingerprint density at radius 1 is 0.865 bits per heavy atom. The summed E-state index contributed by atoms with van der Waals surface area (Å²) in [5.74, 6) is 0.281. The highest BCUT2D eigenvalue weighted by Crippen LogP contribution is 2.31. The van der Waals surface area contributed by atoms with E-state index in [2.05, 4.69) is 39.5 Å². The molecule has 1 aliphatic heterocycles. The van der Waals surface area contributed by atoms with Crippen molar-refractivity contribution < 1.29 is 24.5 Å². The quantitative estimate of drug-likeness (QED) is 0.0624. The van der Waals surface area contributed by atoms with E-state index in [9.17, 15) is 19.8 Å². The Morgan fingerprint density at radius 3 is 2.40 bits per heavy atom. The molecule has 1 aromatic heterocycles. The number of fused-ring (bicyclic) bond motifs is 1. The van der Waals surface area contributed by atoms with E-state index >= 15 is 0 Å². The molecule has 9 heteroatoms. The van der Waals surface area contributed by atoms with Crippen LogP contribution in [0.25, 0.3) is 10.9 Å². The van der Waals surface area contributed by atoms with Crippen molar-refractivity contribution in [2.24, 2.45) is 5.92 Å². The van der Waals surface area contributed by atoms with E-state index in [1.165, 1.54) is 17.7 Å². The SMILES string of the molecule is O=C(OCC1CCN(Cc2ccccc2)CC1)C(c1ccccc1)c1cccc(OCCCCCNC[C@H](O)c2ccc(O)c3[nH]c(=O)ccc23)c1. The van der Waals surface area contributed by atoms with E-state index in [0.717, 1.165) is 75.2 Å². The van der Waals surface area contributed by atoms with Gasteiger partial charge in [-0.2, -0.15) is 0 Å². The van der Waals surface area contributed by atoms with Crippen LogP contribution in [-0.4, -0.2) is 65.5 Å². The van der Waals surface area contributed by atoms with Crippen molar-refractivity contribution in [3.63, 3.8) is 0 Å². The molecule has 1 unspecified atom stereocenters. The van der Waals surface area contributed by atoms with Crippen molar-refractivity contribution in [2.75, 3.05) is 39.4 Å². The third kappa shape index (κ3) is 10.1. The van der Waals surface area contributed by atoms with Crippen LogP contribution in [0.3, 0.4) is 0 Å². The third-order valence-corrected chi connectivity index (χ3v) is 9.85. The molecule has 0 amide bonds. The van der Waals surface area contributed by atoms with E-state index in [4.69, 9.17) is 9.47 Å². The number of aromatic amines is 1. The number of aliphatic hydroxyl groups is 1. The molecule has 1 saturated heterocycles. The second-order valence-electron chi connectivity index (χ2n) is 13.7. The summed E-state index contributed by atoms with van der Waals surface area (Å²) in [6.07, 6.45) is 3.95. The minimum absolute atomic E-state index is 0.0269. The fraction of sp³-hybridized carbons (Fsp3) is 0.349. The van der Waals surface area contributed by atoms with Crippen LogP contribution in [0.15, 0.2) is 114 Å². The lowest BCUT2D eigenvalue weighted by Crippen LogP contribution is -2.35. The first-order valence-electron chi connectivity index (χ1n) is 18.4. The topological polar surface area (TPSA) is 124 Å². The van der Waals surface area contributed by atoms with Gasteiger partial charge in [-0.05, 0) is 104 Å². The molecule has 1 aliphatic rings. The summed E-state index contributed by atoms with van der Waals surface area (Å²) in [5, 5.41) is 24.8. The highest BCUT2D eigenvalue weighted by atomic mass is 16.5. The number of unbranched alkanes of at least 4 members (excludes halogenated alkanes) is 2. The van der Waals surface area contributed by atoms with Gasteiger partial charge in [0.2, 0.25) is 5.56 Å². The van der Waals surface area contributed by atoms with E-state index < -0.39 is 12.0 Å². The molecule has 52 heavy (non-hydrogen) atoms. The van der Waals surface area contributed by atoms with Crippen molar-refractivity contribution in [3.05, 3.63) is 142 Å². The molecular formula is C43H49N3O6. The summed E-state index contributed by atoms with van der Waals surface area (Å²) < 4.78 is 12.1. The first-order valence-corrected chi connectivity index (χ1v) is 18.4. The number of likely N-dealkylation sites (tertiary alicyclic amines) is 1. The number of H-pyrrole nitrogens is 1. The number of hydrogen-bond acceptors (Lipinski definition) is 8. The predicted octanol–water partition coefficient (Wildman–Crippen LogP) is 6.69. The maximum absolute atomic E-state index is 13.7. The van der Waals surface area contributed by atoms with Crippen LogP contribution in [0.5, 0.6) is 11.5 Å². The van der Waals surface area contributed by atoms with Gasteiger partial charge in [0, 0.05) is 24.5 Å². The van der Waals surface area contributed by atoms with Gasteiger partial charge in [0.25, 0.3) is 0 Å². The molecule has 4 aromatic carbocycles. The Hall–Kier alpha value is -4.96. The van der Waals surface area contributed by atoms with Crippen molar-refractivity contribution in [1.82, 2.24) is 15.2 Å². The maximum Gasteiger partial charge on any atom is 0.317 e. The van der Waals surface area contributed by atoms with Gasteiger partial charge in [-0.25, -0.2) is 0 Å². The van der Waals surface area contributed by atoms with E-state index in [-0.39, 0.29) is 17.3 Å². The van der Waals surface area contributed by atoms with Crippen molar-refractivity contribution in [1.29, 1.82) is 0 Å². The lowest BCUT2D eigenvalue weighted by atomic mass is 9.91. The van der Waals surface area contributed by atoms with E-state index in [0.29, 0.717) is 42.1 Å². The number of phenolic OH excluding ortho intramolecular Hbond substituents is 1. The lowest BCUT2D eigenvalue weighted by Gasteiger charge is -2.32. The standard InChI is InChI=1S/C43H49N3O6/c47-38-19-17-36(37-18-20-40(49)45-42(37)38)39(48)28-44-23-8-3-9-26-51-35-16-10-15-34(27-35)41(33-13-6-2-7-14-33)43(50)52-30-32-21-24-46(25-22-32)29-31-11-4-1-5-12-31/h1-2,4-7,10-20,27,32,39,41,44,47-48H,3,8-9,21-26,28-30H2,(H,45,49)/t39-,41?/m0/s1. The zero-order valence-corrected chi connectivity index (χ0v) is 29.6. The fourth-order valence-corrected chi connectivity index (χ4v) is 6.95. The smallest absolute Gasteiger partial charge is 0.317 e. The molecule has 6 rings (SSSR count). The van der Waals surface area contributed by atoms with Gasteiger partial charge in [0.15, 0.2) is 0 Å². The highest BCUT2D eigenvalue weighted by molar-refractivity contribution is 5.87. The lowest BCUT2D eigenvalue weighted by molar-refractivity contribution is -0.146. The molecule has 2 atom stereocenters. The summed E-state index contributed by atoms with van der Waals surface area (Å²) in [7, 11) is 0. The normalized spacial score (nSPS) is 14.9. The van der Waals surface area contributed by atoms with Crippen molar-refractivity contribution in [3.8, 4) is 11.5 Å². The van der Waals surface area contributed by atoms with Crippen LogP contribution in [0.4, 0.5) is 0 Å². The fourth-order valence-electron chi connectivity index (χ4n) is 6.95. The van der Waals surface area contributed by atoms with Crippen molar-refractivity contribution in [2.45, 2.75) is 50.7 Å². The third-order valence-electron chi connectivity index (χ3n) is 9.85. The molecule has 2 heterocycles. The Kier molecular flexibility index (Phi) is 13.1. The number of aliphatic hydroxyl groups excluding tert-OH is 1. The largest absolute Gasteiger partial charge is 0.506 e. The zero-order chi connectivity index (χ0) is 36.1. The molecule has 0 bridgehead atoms. The second-order valence-corrected chi connectivity index (χ2v) is 13.7. The number of piperidine rings is 1. The van der Waals surface area contributed by atoms with Gasteiger partial charge >= 0.3 is 5.97 Å². The molecule has 0 saturated carbocycles. The highest BCUT2D eigenvalue weighted by Gasteiger charge is 2.27. The van der Waals surface area contributed by atoms with Gasteiger partial charge in [0.05, 0.1) is 24.8 Å². The Bertz CT molecular complexity index is 1920. The Labute approximate surface area is 305 Å². The van der Waals surface area contributed by atoms with E-state index in [1.807, 2.05) is 60.7 Å². The summed E-state index contributed by atoms with van der Waals surface area (Å²) in [5.41, 5.74) is 3.73. The summed E-state index contributed by atoms with van der Waals surface area (Å²) in [4.78, 5) is 30.5. The second kappa shape index (κ2) is 18.5. The summed E-state index contributed by atoms with van der Waals surface area (Å²) in [6.45, 7) is 5.02. The average Bonchev–Trinajstić information content (AvgIpc) is 3.17. The van der Waals surface area contributed by atoms with Crippen LogP contribution < -0.4 is 15.6 Å². The van der Waals surface area contributed by atoms with E-state index in [1.54, 1.807) is 12.1 Å². The Morgan fingerprint density at radius 2 is 1.62 bits per heavy atom. The molecule has 0 spiro atoms. The number of hydrogen-bond donors (Lipinski definition) is 4. The number of carbonyl (C=O) groups is 1. The first kappa shape index (κ1) is 36.8. The zero-order valence-electron chi connectivity index (χ0n) is 29.6. The molecular weight excluding hydrogens is 654 g/mol. The number of carbonyl (C=O) groups excluding carboxylic acids is 1. The van der Waals surface area contributed by atoms with Crippen LogP contribution in [0, 0.1) is 5.92 Å². The molecule has 9 nitrogen and oxygen atoms in total. The summed E-state index contributed by atoms with van der Waals surface area (Å²) >= 11 is 0. The molecule has 1 fully saturated rings. The number of nitrogens with one attached hydrogen (secondary N) is 2. The predicted molar refractivity (Wildman–Crippen MR) is 204 cm³/mol. The van der Waals surface area contributed by atoms with Crippen LogP contribution in [-0.2, 0) is 16.1 Å². The number of aromatic hydroxyl groups is 1. The number of nitrogens with zero attached hydrogens (tertiary/aromatic N) is 1. The van der Waals surface area contributed by atoms with Crippen molar-refractivity contribution >= 4 is 16.9 Å². The number of pyridine rings is 1. The average molecular weight is 704 g/mol. The number of rotatable bonds is 17. The first-order chi connectivity index (χ1) is 25.4.